The van der Waals surface area contributed by atoms with Crippen molar-refractivity contribution in [1.29, 1.82) is 0 Å². The predicted molar refractivity (Wildman–Crippen MR) is 80.0 cm³/mol. The van der Waals surface area contributed by atoms with Gasteiger partial charge in [-0.15, -0.1) is 0 Å². The van der Waals surface area contributed by atoms with Crippen LogP contribution >= 0.6 is 0 Å². The van der Waals surface area contributed by atoms with Crippen LogP contribution in [-0.2, 0) is 6.42 Å². The molecule has 1 aromatic heterocycles. The van der Waals surface area contributed by atoms with E-state index < -0.39 is 0 Å². The number of nitrogens with zero attached hydrogens (tertiary/aromatic N) is 2. The average molecular weight is 262 g/mol. The number of anilines is 2. The number of nitrogens with two attached hydrogens (primary N) is 1. The number of hydrogen-bond donors (Lipinski definition) is 2. The van der Waals surface area contributed by atoms with Gasteiger partial charge < -0.3 is 11.1 Å². The topological polar surface area (TPSA) is 63.8 Å². The van der Waals surface area contributed by atoms with E-state index >= 15 is 0 Å². The number of nitrogens with one attached hydrogen (secondary N) is 1. The van der Waals surface area contributed by atoms with E-state index in [1.165, 1.54) is 19.3 Å². The zero-order chi connectivity index (χ0) is 13.8. The van der Waals surface area contributed by atoms with Gasteiger partial charge in [0.2, 0.25) is 0 Å². The van der Waals surface area contributed by atoms with Crippen molar-refractivity contribution in [2.75, 3.05) is 11.1 Å². The molecule has 0 bridgehead atoms. The summed E-state index contributed by atoms with van der Waals surface area (Å²) in [5.74, 6) is 3.84. The van der Waals surface area contributed by atoms with Crippen molar-refractivity contribution < 1.29 is 0 Å². The fourth-order valence-corrected chi connectivity index (χ4v) is 3.00. The third-order valence-electron chi connectivity index (χ3n) is 4.03. The van der Waals surface area contributed by atoms with E-state index in [9.17, 15) is 0 Å². The van der Waals surface area contributed by atoms with Crippen LogP contribution in [0.2, 0.25) is 0 Å². The normalized spacial score (nSPS) is 27.2. The summed E-state index contributed by atoms with van der Waals surface area (Å²) in [4.78, 5) is 8.84. The molecule has 1 aliphatic carbocycles. The summed E-state index contributed by atoms with van der Waals surface area (Å²) in [6, 6.07) is 2.36. The van der Waals surface area contributed by atoms with Crippen LogP contribution in [0.4, 0.5) is 11.6 Å². The molecule has 1 aliphatic rings. The summed E-state index contributed by atoms with van der Waals surface area (Å²) in [5, 5.41) is 3.56. The van der Waals surface area contributed by atoms with E-state index in [2.05, 4.69) is 36.1 Å². The highest BCUT2D eigenvalue weighted by Crippen LogP contribution is 2.30. The standard InChI is InChI=1S/C15H26N4/c1-4-5-14-18-13(16)9-15(19-14)17-12-7-6-10(2)8-11(12)3/h9-12H,4-8H2,1-3H3,(H3,16,17,18,19). The quantitative estimate of drug-likeness (QED) is 0.874. The van der Waals surface area contributed by atoms with Crippen LogP contribution in [0.25, 0.3) is 0 Å². The predicted octanol–water partition coefficient (Wildman–Crippen LogP) is 3.25. The summed E-state index contributed by atoms with van der Waals surface area (Å²) in [5.41, 5.74) is 5.86. The van der Waals surface area contributed by atoms with E-state index in [4.69, 9.17) is 5.73 Å². The highest BCUT2D eigenvalue weighted by molar-refractivity contribution is 5.45. The lowest BCUT2D eigenvalue weighted by Gasteiger charge is -2.33. The number of aromatic nitrogens is 2. The fraction of sp³-hybridized carbons (Fsp3) is 0.733. The zero-order valence-electron chi connectivity index (χ0n) is 12.3. The highest BCUT2D eigenvalue weighted by Gasteiger charge is 2.25. The van der Waals surface area contributed by atoms with Crippen LogP contribution in [0, 0.1) is 11.8 Å². The van der Waals surface area contributed by atoms with Crippen molar-refractivity contribution in [3.63, 3.8) is 0 Å². The van der Waals surface area contributed by atoms with E-state index in [0.29, 0.717) is 17.8 Å². The van der Waals surface area contributed by atoms with Gasteiger partial charge in [0, 0.05) is 18.5 Å². The van der Waals surface area contributed by atoms with Gasteiger partial charge in [-0.2, -0.15) is 0 Å². The lowest BCUT2D eigenvalue weighted by atomic mass is 9.80. The van der Waals surface area contributed by atoms with Gasteiger partial charge in [0.1, 0.15) is 17.5 Å². The number of nitrogen functional groups attached to an aromatic ring is 1. The average Bonchev–Trinajstić information content (AvgIpc) is 2.32. The molecule has 3 unspecified atom stereocenters. The van der Waals surface area contributed by atoms with Crippen LogP contribution in [0.3, 0.4) is 0 Å². The summed E-state index contributed by atoms with van der Waals surface area (Å²) >= 11 is 0. The van der Waals surface area contributed by atoms with Gasteiger partial charge in [-0.25, -0.2) is 9.97 Å². The summed E-state index contributed by atoms with van der Waals surface area (Å²) in [6.45, 7) is 6.80. The maximum Gasteiger partial charge on any atom is 0.133 e. The van der Waals surface area contributed by atoms with Gasteiger partial charge in [-0.1, -0.05) is 20.8 Å². The van der Waals surface area contributed by atoms with Gasteiger partial charge in [0.25, 0.3) is 0 Å². The minimum atomic E-state index is 0.514. The second-order valence-electron chi connectivity index (χ2n) is 5.99. The fourth-order valence-electron chi connectivity index (χ4n) is 3.00. The van der Waals surface area contributed by atoms with E-state index in [0.717, 1.165) is 30.4 Å². The van der Waals surface area contributed by atoms with Crippen LogP contribution in [-0.4, -0.2) is 16.0 Å². The third-order valence-corrected chi connectivity index (χ3v) is 4.03. The molecule has 0 spiro atoms. The van der Waals surface area contributed by atoms with E-state index in [-0.39, 0.29) is 0 Å². The molecular weight excluding hydrogens is 236 g/mol. The van der Waals surface area contributed by atoms with Crippen LogP contribution in [0.1, 0.15) is 52.3 Å². The molecule has 2 rings (SSSR count). The molecule has 0 saturated heterocycles. The van der Waals surface area contributed by atoms with Gasteiger partial charge in [-0.3, -0.25) is 0 Å². The molecule has 0 radical (unpaired) electrons. The number of aryl methyl sites for hydroxylation is 1. The number of hydrogen-bond acceptors (Lipinski definition) is 4. The van der Waals surface area contributed by atoms with Gasteiger partial charge in [0.05, 0.1) is 0 Å². The lowest BCUT2D eigenvalue weighted by Crippen LogP contribution is -2.33. The molecule has 4 nitrogen and oxygen atoms in total. The first-order chi connectivity index (χ1) is 9.08. The van der Waals surface area contributed by atoms with Crippen molar-refractivity contribution in [2.45, 2.75) is 58.9 Å². The highest BCUT2D eigenvalue weighted by atomic mass is 15.1. The first-order valence-electron chi connectivity index (χ1n) is 7.48. The molecule has 4 heteroatoms. The molecule has 0 aliphatic heterocycles. The van der Waals surface area contributed by atoms with E-state index in [1.807, 2.05) is 6.07 Å². The lowest BCUT2D eigenvalue weighted by molar-refractivity contribution is 0.276. The zero-order valence-corrected chi connectivity index (χ0v) is 12.3. The molecule has 3 atom stereocenters. The molecular formula is C15H26N4. The Hall–Kier alpha value is -1.32. The Morgan fingerprint density at radius 1 is 1.32 bits per heavy atom. The van der Waals surface area contributed by atoms with Gasteiger partial charge >= 0.3 is 0 Å². The first-order valence-corrected chi connectivity index (χ1v) is 7.48. The number of rotatable bonds is 4. The smallest absolute Gasteiger partial charge is 0.133 e. The summed E-state index contributed by atoms with van der Waals surface area (Å²) in [7, 11) is 0. The Labute approximate surface area is 116 Å². The largest absolute Gasteiger partial charge is 0.384 e. The van der Waals surface area contributed by atoms with Crippen molar-refractivity contribution in [3.8, 4) is 0 Å². The molecule has 0 aromatic carbocycles. The first kappa shape index (κ1) is 14.1. The van der Waals surface area contributed by atoms with Crippen LogP contribution in [0.5, 0.6) is 0 Å². The second kappa shape index (κ2) is 6.22. The maximum absolute atomic E-state index is 5.86. The third kappa shape index (κ3) is 3.82. The molecule has 106 valence electrons. The second-order valence-corrected chi connectivity index (χ2v) is 5.99. The van der Waals surface area contributed by atoms with Crippen molar-refractivity contribution in [1.82, 2.24) is 9.97 Å². The molecule has 1 saturated carbocycles. The molecule has 1 heterocycles. The van der Waals surface area contributed by atoms with Gasteiger partial charge in [0.15, 0.2) is 0 Å². The maximum atomic E-state index is 5.86. The van der Waals surface area contributed by atoms with Crippen molar-refractivity contribution in [3.05, 3.63) is 11.9 Å². The summed E-state index contributed by atoms with van der Waals surface area (Å²) < 4.78 is 0. The van der Waals surface area contributed by atoms with Crippen LogP contribution < -0.4 is 11.1 Å². The Morgan fingerprint density at radius 3 is 2.79 bits per heavy atom. The minimum absolute atomic E-state index is 0.514. The monoisotopic (exact) mass is 262 g/mol. The molecule has 3 N–H and O–H groups in total. The summed E-state index contributed by atoms with van der Waals surface area (Å²) in [6.07, 6.45) is 5.73. The molecule has 19 heavy (non-hydrogen) atoms. The minimum Gasteiger partial charge on any atom is -0.384 e. The molecule has 1 fully saturated rings. The van der Waals surface area contributed by atoms with Crippen molar-refractivity contribution in [2.24, 2.45) is 11.8 Å². The van der Waals surface area contributed by atoms with Crippen molar-refractivity contribution >= 4 is 11.6 Å². The van der Waals surface area contributed by atoms with Gasteiger partial charge in [-0.05, 0) is 37.5 Å². The Morgan fingerprint density at radius 2 is 2.11 bits per heavy atom. The Bertz CT molecular complexity index is 419. The Kier molecular flexibility index (Phi) is 4.61. The van der Waals surface area contributed by atoms with Crippen LogP contribution in [0.15, 0.2) is 6.07 Å². The molecule has 0 amide bonds. The molecule has 1 aromatic rings. The van der Waals surface area contributed by atoms with E-state index in [1.54, 1.807) is 0 Å². The SMILES string of the molecule is CCCc1nc(N)cc(NC2CCC(C)CC2C)n1. The Balaban J connectivity index is 2.05.